The lowest BCUT2D eigenvalue weighted by atomic mass is 9.83. The van der Waals surface area contributed by atoms with Crippen LogP contribution >= 0.6 is 0 Å². The molecule has 1 heterocycles. The smallest absolute Gasteiger partial charge is 0.251 e. The number of pyridine rings is 1. The zero-order chi connectivity index (χ0) is 20.3. The lowest BCUT2D eigenvalue weighted by Crippen LogP contribution is -2.21. The van der Waals surface area contributed by atoms with E-state index < -0.39 is 0 Å². The van der Waals surface area contributed by atoms with E-state index in [0.29, 0.717) is 17.5 Å². The molecule has 0 unspecified atom stereocenters. The van der Waals surface area contributed by atoms with Crippen LogP contribution in [0.25, 0.3) is 22.0 Å². The summed E-state index contributed by atoms with van der Waals surface area (Å²) >= 11 is 0. The minimum atomic E-state index is -0.0876. The Morgan fingerprint density at radius 2 is 1.76 bits per heavy atom. The second kappa shape index (κ2) is 6.17. The van der Waals surface area contributed by atoms with Gasteiger partial charge in [-0.25, -0.2) is 0 Å². The van der Waals surface area contributed by atoms with E-state index >= 15 is 0 Å². The Balaban J connectivity index is 1.80. The van der Waals surface area contributed by atoms with Gasteiger partial charge >= 0.3 is 0 Å². The predicted octanol–water partition coefficient (Wildman–Crippen LogP) is 4.95. The average molecular weight is 380 g/mol. The van der Waals surface area contributed by atoms with Gasteiger partial charge in [-0.1, -0.05) is 36.9 Å². The Kier molecular flexibility index (Phi) is 3.71. The van der Waals surface area contributed by atoms with Crippen molar-refractivity contribution >= 4 is 22.4 Å². The van der Waals surface area contributed by atoms with E-state index in [9.17, 15) is 9.59 Å². The third kappa shape index (κ3) is 2.60. The largest absolute Gasteiger partial charge is 0.358 e. The number of carbonyl (C=O) groups excluding carboxylic acids is 1. The molecule has 2 aliphatic rings. The van der Waals surface area contributed by atoms with Crippen molar-refractivity contribution in [1.29, 1.82) is 0 Å². The molecular weight excluding hydrogens is 360 g/mol. The van der Waals surface area contributed by atoms with Crippen LogP contribution in [0.2, 0.25) is 0 Å². The summed E-state index contributed by atoms with van der Waals surface area (Å²) in [4.78, 5) is 26.1. The molecule has 5 rings (SSSR count). The van der Waals surface area contributed by atoms with Crippen molar-refractivity contribution in [2.75, 3.05) is 5.32 Å². The molecule has 0 aliphatic heterocycles. The monoisotopic (exact) mass is 380 g/mol. The summed E-state index contributed by atoms with van der Waals surface area (Å²) in [5, 5.41) is 4.28. The first-order valence-corrected chi connectivity index (χ1v) is 9.58. The van der Waals surface area contributed by atoms with E-state index in [0.717, 1.165) is 44.6 Å². The third-order valence-electron chi connectivity index (χ3n) is 5.65. The summed E-state index contributed by atoms with van der Waals surface area (Å²) in [5.74, 6) is -0.0256. The summed E-state index contributed by atoms with van der Waals surface area (Å²) in [6.45, 7) is 6.11. The van der Waals surface area contributed by atoms with Crippen molar-refractivity contribution in [3.8, 4) is 11.1 Å². The van der Waals surface area contributed by atoms with Crippen LogP contribution in [0.4, 0.5) is 5.69 Å². The van der Waals surface area contributed by atoms with Crippen molar-refractivity contribution in [3.63, 3.8) is 0 Å². The van der Waals surface area contributed by atoms with Gasteiger partial charge in [0.25, 0.3) is 5.56 Å². The van der Waals surface area contributed by atoms with Crippen LogP contribution < -0.4 is 10.9 Å². The second-order valence-electron chi connectivity index (χ2n) is 7.73. The van der Waals surface area contributed by atoms with Crippen molar-refractivity contribution in [2.24, 2.45) is 7.05 Å². The van der Waals surface area contributed by atoms with E-state index in [-0.39, 0.29) is 11.3 Å². The Morgan fingerprint density at radius 1 is 1.00 bits per heavy atom. The fourth-order valence-corrected chi connectivity index (χ4v) is 4.40. The highest BCUT2D eigenvalue weighted by Crippen LogP contribution is 2.41. The molecule has 3 aromatic rings. The molecule has 0 spiro atoms. The molecule has 0 radical (unpaired) electrons. The number of nitrogens with one attached hydrogen (secondary N) is 1. The molecule has 0 fully saturated rings. The molecular formula is C25H20N2O2. The molecule has 1 N–H and O–H groups in total. The number of rotatable bonds is 2. The highest BCUT2D eigenvalue weighted by Gasteiger charge is 2.29. The minimum Gasteiger partial charge on any atom is -0.358 e. The number of hydrogen-bond donors (Lipinski definition) is 1. The summed E-state index contributed by atoms with van der Waals surface area (Å²) in [6, 6.07) is 12.9. The standard InChI is InChI=1S/C25H20N2O2/c1-14-10-15(2)12-16(11-14)26-20-8-9-21-23-19(13-22(28)27(21)3)17-6-4-5-7-18(17)25(29)24(20)23/h4-10,12-13,26H,1,11H2,2-3H3. The van der Waals surface area contributed by atoms with Gasteiger partial charge in [-0.05, 0) is 47.4 Å². The molecule has 4 nitrogen and oxygen atoms in total. The van der Waals surface area contributed by atoms with Crippen LogP contribution in [0.5, 0.6) is 0 Å². The van der Waals surface area contributed by atoms with Gasteiger partial charge in [0.15, 0.2) is 5.78 Å². The topological polar surface area (TPSA) is 51.1 Å². The average Bonchev–Trinajstić information content (AvgIpc) is 2.69. The summed E-state index contributed by atoms with van der Waals surface area (Å²) < 4.78 is 1.60. The molecule has 2 aliphatic carbocycles. The van der Waals surface area contributed by atoms with Crippen molar-refractivity contribution in [3.05, 3.63) is 99.5 Å². The first kappa shape index (κ1) is 17.4. The van der Waals surface area contributed by atoms with Gasteiger partial charge in [0.1, 0.15) is 0 Å². The third-order valence-corrected chi connectivity index (χ3v) is 5.65. The van der Waals surface area contributed by atoms with Crippen LogP contribution in [0.3, 0.4) is 0 Å². The van der Waals surface area contributed by atoms with Gasteiger partial charge < -0.3 is 9.88 Å². The van der Waals surface area contributed by atoms with E-state index in [1.807, 2.05) is 43.3 Å². The number of anilines is 1. The van der Waals surface area contributed by atoms with Crippen LogP contribution in [0.15, 0.2) is 82.8 Å². The summed E-state index contributed by atoms with van der Waals surface area (Å²) in [5.41, 5.74) is 7.45. The molecule has 2 aromatic carbocycles. The fourth-order valence-electron chi connectivity index (χ4n) is 4.40. The van der Waals surface area contributed by atoms with Gasteiger partial charge in [-0.2, -0.15) is 0 Å². The van der Waals surface area contributed by atoms with Gasteiger partial charge in [-0.3, -0.25) is 9.59 Å². The number of carbonyl (C=O) groups is 1. The Hall–Kier alpha value is -3.66. The highest BCUT2D eigenvalue weighted by molar-refractivity contribution is 6.28. The second-order valence-corrected chi connectivity index (χ2v) is 7.73. The number of aromatic nitrogens is 1. The number of ketones is 1. The fraction of sp³-hybridized carbons (Fsp3) is 0.120. The molecule has 1 aromatic heterocycles. The summed E-state index contributed by atoms with van der Waals surface area (Å²) in [6.07, 6.45) is 4.85. The van der Waals surface area contributed by atoms with Gasteiger partial charge in [0.05, 0.1) is 16.8 Å². The molecule has 0 amide bonds. The van der Waals surface area contributed by atoms with Crippen LogP contribution in [-0.2, 0) is 7.05 Å². The van der Waals surface area contributed by atoms with Crippen molar-refractivity contribution in [2.45, 2.75) is 13.3 Å². The Bertz CT molecular complexity index is 1370. The van der Waals surface area contributed by atoms with Crippen LogP contribution in [-0.4, -0.2) is 10.4 Å². The Morgan fingerprint density at radius 3 is 2.52 bits per heavy atom. The van der Waals surface area contributed by atoms with E-state index in [4.69, 9.17) is 0 Å². The molecule has 0 saturated carbocycles. The highest BCUT2D eigenvalue weighted by atomic mass is 16.1. The van der Waals surface area contributed by atoms with Crippen LogP contribution in [0, 0.1) is 0 Å². The molecule has 0 atom stereocenters. The molecule has 0 saturated heterocycles. The number of benzene rings is 2. The first-order chi connectivity index (χ1) is 13.9. The van der Waals surface area contributed by atoms with E-state index in [2.05, 4.69) is 24.0 Å². The van der Waals surface area contributed by atoms with Gasteiger partial charge in [0, 0.05) is 36.2 Å². The quantitative estimate of drug-likeness (QED) is 0.535. The number of hydrogen-bond acceptors (Lipinski definition) is 3. The number of nitrogens with zero attached hydrogens (tertiary/aromatic N) is 1. The first-order valence-electron chi connectivity index (χ1n) is 9.58. The van der Waals surface area contributed by atoms with E-state index in [1.165, 1.54) is 0 Å². The van der Waals surface area contributed by atoms with Crippen molar-refractivity contribution < 1.29 is 4.79 Å². The zero-order valence-corrected chi connectivity index (χ0v) is 16.4. The van der Waals surface area contributed by atoms with E-state index in [1.54, 1.807) is 17.7 Å². The number of allylic oxidation sites excluding steroid dienone is 4. The lowest BCUT2D eigenvalue weighted by molar-refractivity contribution is 0.104. The molecule has 0 bridgehead atoms. The normalized spacial score (nSPS) is 15.1. The van der Waals surface area contributed by atoms with Crippen LogP contribution in [0.1, 0.15) is 29.3 Å². The SMILES string of the molecule is C=C1C=C(C)C=C(Nc2ccc3c4c(cc(=O)n3C)-c3ccccc3C(=O)c24)C1. The maximum Gasteiger partial charge on any atom is 0.251 e. The molecule has 4 heteroatoms. The molecule has 142 valence electrons. The number of fused-ring (bicyclic) bond motifs is 2. The predicted molar refractivity (Wildman–Crippen MR) is 117 cm³/mol. The Labute approximate surface area is 168 Å². The molecule has 29 heavy (non-hydrogen) atoms. The van der Waals surface area contributed by atoms with Gasteiger partial charge in [-0.15, -0.1) is 0 Å². The maximum atomic E-state index is 13.5. The maximum absolute atomic E-state index is 13.5. The van der Waals surface area contributed by atoms with Gasteiger partial charge in [0.2, 0.25) is 0 Å². The minimum absolute atomic E-state index is 0.0256. The lowest BCUT2D eigenvalue weighted by Gasteiger charge is -2.24. The van der Waals surface area contributed by atoms with Crippen molar-refractivity contribution in [1.82, 2.24) is 4.57 Å². The number of aryl methyl sites for hydroxylation is 1. The zero-order valence-electron chi connectivity index (χ0n) is 16.4. The summed E-state index contributed by atoms with van der Waals surface area (Å²) in [7, 11) is 1.74.